The molecule has 0 aliphatic heterocycles. The fourth-order valence-corrected chi connectivity index (χ4v) is 2.31. The van der Waals surface area contributed by atoms with E-state index in [2.05, 4.69) is 35.2 Å². The lowest BCUT2D eigenvalue weighted by molar-refractivity contribution is 0.624. The first-order valence-corrected chi connectivity index (χ1v) is 7.14. The van der Waals surface area contributed by atoms with Crippen LogP contribution in [0, 0.1) is 6.92 Å². The second-order valence-corrected chi connectivity index (χ2v) is 5.51. The molecule has 0 radical (unpaired) electrons. The lowest BCUT2D eigenvalue weighted by Gasteiger charge is -2.08. The largest absolute Gasteiger partial charge is 0.454 e. The summed E-state index contributed by atoms with van der Waals surface area (Å²) in [4.78, 5) is 9.12. The molecule has 0 fully saturated rings. The van der Waals surface area contributed by atoms with E-state index in [4.69, 9.17) is 4.42 Å². The van der Waals surface area contributed by atoms with Gasteiger partial charge in [0.15, 0.2) is 5.76 Å². The highest BCUT2D eigenvalue weighted by Gasteiger charge is 2.13. The molecule has 3 aromatic rings. The zero-order valence-electron chi connectivity index (χ0n) is 12.8. The zero-order chi connectivity index (χ0) is 15.0. The van der Waals surface area contributed by atoms with Crippen molar-refractivity contribution in [2.75, 3.05) is 12.4 Å². The van der Waals surface area contributed by atoms with Gasteiger partial charge in [-0.2, -0.15) is 0 Å². The molecule has 3 rings (SSSR count). The minimum atomic E-state index is 0.267. The summed E-state index contributed by atoms with van der Waals surface area (Å²) in [6.07, 6.45) is 0. The molecule has 21 heavy (non-hydrogen) atoms. The number of fused-ring (bicyclic) bond motifs is 1. The van der Waals surface area contributed by atoms with Crippen LogP contribution < -0.4 is 5.32 Å². The maximum atomic E-state index is 6.00. The highest BCUT2D eigenvalue weighted by atomic mass is 16.3. The summed E-state index contributed by atoms with van der Waals surface area (Å²) in [6.45, 7) is 6.22. The minimum Gasteiger partial charge on any atom is -0.454 e. The molecule has 1 N–H and O–H groups in total. The van der Waals surface area contributed by atoms with E-state index in [1.807, 2.05) is 38.2 Å². The van der Waals surface area contributed by atoms with Gasteiger partial charge in [-0.3, -0.25) is 0 Å². The normalized spacial score (nSPS) is 11.3. The van der Waals surface area contributed by atoms with Gasteiger partial charge in [-0.1, -0.05) is 32.0 Å². The van der Waals surface area contributed by atoms with Gasteiger partial charge in [-0.05, 0) is 18.6 Å². The van der Waals surface area contributed by atoms with Crippen LogP contribution >= 0.6 is 0 Å². The van der Waals surface area contributed by atoms with Crippen molar-refractivity contribution < 1.29 is 4.42 Å². The lowest BCUT2D eigenvalue weighted by Crippen LogP contribution is -2.02. The predicted molar refractivity (Wildman–Crippen MR) is 85.6 cm³/mol. The van der Waals surface area contributed by atoms with E-state index < -0.39 is 0 Å². The average Bonchev–Trinajstić information content (AvgIpc) is 2.92. The van der Waals surface area contributed by atoms with Crippen molar-refractivity contribution in [1.82, 2.24) is 9.97 Å². The first-order valence-electron chi connectivity index (χ1n) is 7.14. The van der Waals surface area contributed by atoms with E-state index >= 15 is 0 Å². The number of para-hydroxylation sites is 1. The third-order valence-electron chi connectivity index (χ3n) is 3.51. The van der Waals surface area contributed by atoms with Crippen LogP contribution in [-0.2, 0) is 0 Å². The molecular formula is C17H19N3O. The van der Waals surface area contributed by atoms with Crippen molar-refractivity contribution in [1.29, 1.82) is 0 Å². The highest BCUT2D eigenvalue weighted by molar-refractivity contribution is 5.84. The molecule has 0 bridgehead atoms. The molecule has 4 nitrogen and oxygen atoms in total. The zero-order valence-corrected chi connectivity index (χ0v) is 12.8. The number of anilines is 1. The van der Waals surface area contributed by atoms with Crippen LogP contribution in [-0.4, -0.2) is 17.0 Å². The maximum Gasteiger partial charge on any atom is 0.154 e. The fourth-order valence-electron chi connectivity index (χ4n) is 2.31. The van der Waals surface area contributed by atoms with E-state index in [0.717, 1.165) is 39.6 Å². The molecular weight excluding hydrogens is 262 g/mol. The third-order valence-corrected chi connectivity index (χ3v) is 3.51. The number of hydrogen-bond donors (Lipinski definition) is 1. The van der Waals surface area contributed by atoms with Crippen LogP contribution in [0.4, 0.5) is 5.82 Å². The van der Waals surface area contributed by atoms with Crippen molar-refractivity contribution in [2.24, 2.45) is 0 Å². The highest BCUT2D eigenvalue weighted by Crippen LogP contribution is 2.30. The smallest absolute Gasteiger partial charge is 0.154 e. The molecule has 0 aliphatic rings. The SMILES string of the molecule is CNc1cc(-c2cc3cccc(C)c3o2)nc(C(C)C)n1. The summed E-state index contributed by atoms with van der Waals surface area (Å²) < 4.78 is 6.00. The Labute approximate surface area is 124 Å². The standard InChI is InChI=1S/C17H19N3O/c1-10(2)17-19-13(9-15(18-4)20-17)14-8-12-7-5-6-11(3)16(12)21-14/h5-10H,1-4H3,(H,18,19,20). The van der Waals surface area contributed by atoms with Crippen LogP contribution in [0.2, 0.25) is 0 Å². The van der Waals surface area contributed by atoms with Crippen molar-refractivity contribution in [2.45, 2.75) is 26.7 Å². The van der Waals surface area contributed by atoms with Crippen LogP contribution in [0.1, 0.15) is 31.2 Å². The van der Waals surface area contributed by atoms with Gasteiger partial charge in [0, 0.05) is 24.4 Å². The summed E-state index contributed by atoms with van der Waals surface area (Å²) in [5, 5.41) is 4.18. The average molecular weight is 281 g/mol. The Morgan fingerprint density at radius 3 is 2.62 bits per heavy atom. The molecule has 0 aliphatic carbocycles. The Kier molecular flexibility index (Phi) is 3.37. The summed E-state index contributed by atoms with van der Waals surface area (Å²) in [6, 6.07) is 10.1. The molecule has 0 atom stereocenters. The first kappa shape index (κ1) is 13.6. The Balaban J connectivity index is 2.17. The van der Waals surface area contributed by atoms with Crippen molar-refractivity contribution in [3.63, 3.8) is 0 Å². The number of nitrogens with zero attached hydrogens (tertiary/aromatic N) is 2. The second kappa shape index (κ2) is 5.20. The summed E-state index contributed by atoms with van der Waals surface area (Å²) in [5.41, 5.74) is 2.86. The Morgan fingerprint density at radius 1 is 1.14 bits per heavy atom. The molecule has 2 aromatic heterocycles. The first-order chi connectivity index (χ1) is 10.1. The molecule has 0 unspecified atom stereocenters. The predicted octanol–water partition coefficient (Wildman–Crippen LogP) is 4.36. The van der Waals surface area contributed by atoms with Gasteiger partial charge in [0.1, 0.15) is 22.9 Å². The molecule has 0 saturated heterocycles. The van der Waals surface area contributed by atoms with Gasteiger partial charge in [0.05, 0.1) is 0 Å². The summed E-state index contributed by atoms with van der Waals surface area (Å²) >= 11 is 0. The number of benzene rings is 1. The van der Waals surface area contributed by atoms with Gasteiger partial charge in [0.2, 0.25) is 0 Å². The molecule has 0 amide bonds. The van der Waals surface area contributed by atoms with E-state index in [1.165, 1.54) is 0 Å². The van der Waals surface area contributed by atoms with Crippen molar-refractivity contribution in [3.8, 4) is 11.5 Å². The van der Waals surface area contributed by atoms with Crippen LogP contribution in [0.3, 0.4) is 0 Å². The molecule has 4 heteroatoms. The number of hydrogen-bond acceptors (Lipinski definition) is 4. The third kappa shape index (κ3) is 2.49. The van der Waals surface area contributed by atoms with Gasteiger partial charge in [-0.25, -0.2) is 9.97 Å². The molecule has 1 aromatic carbocycles. The number of rotatable bonds is 3. The second-order valence-electron chi connectivity index (χ2n) is 5.51. The van der Waals surface area contributed by atoms with Gasteiger partial charge < -0.3 is 9.73 Å². The van der Waals surface area contributed by atoms with Gasteiger partial charge in [-0.15, -0.1) is 0 Å². The molecule has 0 spiro atoms. The number of furan rings is 1. The minimum absolute atomic E-state index is 0.267. The number of nitrogens with one attached hydrogen (secondary N) is 1. The summed E-state index contributed by atoms with van der Waals surface area (Å²) in [7, 11) is 1.86. The molecule has 2 heterocycles. The Bertz CT molecular complexity index is 790. The van der Waals surface area contributed by atoms with Crippen LogP contribution in [0.15, 0.2) is 34.7 Å². The van der Waals surface area contributed by atoms with E-state index in [9.17, 15) is 0 Å². The number of aryl methyl sites for hydroxylation is 1. The molecule has 0 saturated carbocycles. The Hall–Kier alpha value is -2.36. The van der Waals surface area contributed by atoms with Crippen molar-refractivity contribution in [3.05, 3.63) is 41.7 Å². The van der Waals surface area contributed by atoms with E-state index in [1.54, 1.807) is 0 Å². The summed E-state index contributed by atoms with van der Waals surface area (Å²) in [5.74, 6) is 2.66. The maximum absolute atomic E-state index is 6.00. The van der Waals surface area contributed by atoms with Crippen molar-refractivity contribution >= 4 is 16.8 Å². The number of aromatic nitrogens is 2. The Morgan fingerprint density at radius 2 is 1.95 bits per heavy atom. The van der Waals surface area contributed by atoms with E-state index in [-0.39, 0.29) is 5.92 Å². The van der Waals surface area contributed by atoms with Gasteiger partial charge >= 0.3 is 0 Å². The lowest BCUT2D eigenvalue weighted by atomic mass is 10.1. The fraction of sp³-hybridized carbons (Fsp3) is 0.294. The van der Waals surface area contributed by atoms with Crippen LogP contribution in [0.25, 0.3) is 22.4 Å². The van der Waals surface area contributed by atoms with Crippen LogP contribution in [0.5, 0.6) is 0 Å². The quantitative estimate of drug-likeness (QED) is 0.774. The van der Waals surface area contributed by atoms with Gasteiger partial charge in [0.25, 0.3) is 0 Å². The van der Waals surface area contributed by atoms with E-state index in [0.29, 0.717) is 0 Å². The molecule has 108 valence electrons. The monoisotopic (exact) mass is 281 g/mol. The topological polar surface area (TPSA) is 51.0 Å².